The van der Waals surface area contributed by atoms with Crippen molar-refractivity contribution in [3.63, 3.8) is 0 Å². The molecule has 3 rings (SSSR count). The van der Waals surface area contributed by atoms with E-state index in [2.05, 4.69) is 10.6 Å². The summed E-state index contributed by atoms with van der Waals surface area (Å²) in [5.41, 5.74) is -0.513. The van der Waals surface area contributed by atoms with Crippen LogP contribution in [0.5, 0.6) is 0 Å². The topological polar surface area (TPSA) is 123 Å². The summed E-state index contributed by atoms with van der Waals surface area (Å²) in [6.45, 7) is 8.18. The Kier molecular flexibility index (Phi) is 8.98. The molecule has 0 bridgehead atoms. The second-order valence-electron chi connectivity index (χ2n) is 10.6. The number of hydrogen-bond donors (Lipinski definition) is 2. The quantitative estimate of drug-likeness (QED) is 0.496. The molecule has 204 valence electrons. The van der Waals surface area contributed by atoms with Crippen LogP contribution in [0.4, 0.5) is 14.4 Å². The first kappa shape index (κ1) is 28.5. The molecule has 2 aromatic rings. The highest BCUT2D eigenvalue weighted by Crippen LogP contribution is 2.22. The number of ether oxygens (including phenoxy) is 3. The van der Waals surface area contributed by atoms with Gasteiger partial charge in [-0.15, -0.1) is 0 Å². The van der Waals surface area contributed by atoms with Crippen molar-refractivity contribution >= 4 is 24.2 Å². The van der Waals surface area contributed by atoms with Crippen molar-refractivity contribution in [1.82, 2.24) is 15.5 Å². The Bertz CT molecular complexity index is 1130. The smallest absolute Gasteiger partial charge is 0.417 e. The largest absolute Gasteiger partial charge is 0.447 e. The lowest BCUT2D eigenvalue weighted by molar-refractivity contribution is -0.133. The van der Waals surface area contributed by atoms with Gasteiger partial charge < -0.3 is 24.8 Å². The van der Waals surface area contributed by atoms with Gasteiger partial charge in [-0.1, -0.05) is 60.7 Å². The van der Waals surface area contributed by atoms with E-state index in [1.807, 2.05) is 48.5 Å². The molecule has 4 amide bonds. The molecule has 0 unspecified atom stereocenters. The number of imide groups is 1. The predicted molar refractivity (Wildman–Crippen MR) is 139 cm³/mol. The molecule has 38 heavy (non-hydrogen) atoms. The summed E-state index contributed by atoms with van der Waals surface area (Å²) in [5.74, 6) is -0.744. The summed E-state index contributed by atoms with van der Waals surface area (Å²) < 4.78 is 15.9. The number of amides is 4. The summed E-state index contributed by atoms with van der Waals surface area (Å²) in [6, 6.07) is 16.4. The molecule has 2 atom stereocenters. The second-order valence-corrected chi connectivity index (χ2v) is 10.6. The molecule has 0 aliphatic carbocycles. The van der Waals surface area contributed by atoms with Gasteiger partial charge >= 0.3 is 18.3 Å². The second kappa shape index (κ2) is 12.0. The van der Waals surface area contributed by atoms with Crippen molar-refractivity contribution in [3.8, 4) is 0 Å². The third-order valence-electron chi connectivity index (χ3n) is 5.78. The Morgan fingerprint density at radius 2 is 1.53 bits per heavy atom. The molecule has 1 aliphatic rings. The lowest BCUT2D eigenvalue weighted by Gasteiger charge is -2.37. The van der Waals surface area contributed by atoms with Crippen molar-refractivity contribution < 1.29 is 33.4 Å². The summed E-state index contributed by atoms with van der Waals surface area (Å²) in [5, 5.41) is 5.19. The molecule has 1 saturated heterocycles. The fourth-order valence-electron chi connectivity index (χ4n) is 3.98. The molecule has 10 nitrogen and oxygen atoms in total. The molecule has 0 radical (unpaired) electrons. The van der Waals surface area contributed by atoms with E-state index in [4.69, 9.17) is 14.2 Å². The molecule has 2 aromatic carbocycles. The Hall–Kier alpha value is -4.08. The Balaban J connectivity index is 1.82. The fourth-order valence-corrected chi connectivity index (χ4v) is 3.98. The van der Waals surface area contributed by atoms with Gasteiger partial charge in [-0.05, 0) is 52.2 Å². The number of alkyl carbamates (subject to hydrolysis) is 2. The molecular weight excluding hydrogens is 490 g/mol. The van der Waals surface area contributed by atoms with Crippen LogP contribution in [-0.4, -0.2) is 58.9 Å². The number of rotatable bonds is 8. The van der Waals surface area contributed by atoms with Gasteiger partial charge in [-0.2, -0.15) is 0 Å². The van der Waals surface area contributed by atoms with Crippen LogP contribution in [0.1, 0.15) is 45.7 Å². The van der Waals surface area contributed by atoms with Crippen molar-refractivity contribution in [2.75, 3.05) is 6.61 Å². The number of carbonyl (C=O) groups is 4. The van der Waals surface area contributed by atoms with Gasteiger partial charge in [0.25, 0.3) is 5.91 Å². The Morgan fingerprint density at radius 1 is 0.947 bits per heavy atom. The maximum absolute atomic E-state index is 13.8. The molecule has 1 aliphatic heterocycles. The van der Waals surface area contributed by atoms with E-state index < -0.39 is 47.4 Å². The first-order valence-electron chi connectivity index (χ1n) is 12.4. The molecule has 0 spiro atoms. The van der Waals surface area contributed by atoms with Gasteiger partial charge in [0.15, 0.2) is 0 Å². The lowest BCUT2D eigenvalue weighted by atomic mass is 9.92. The Morgan fingerprint density at radius 3 is 2.11 bits per heavy atom. The molecular formula is C28H35N3O7. The van der Waals surface area contributed by atoms with E-state index >= 15 is 0 Å². The first-order valence-corrected chi connectivity index (χ1v) is 12.4. The van der Waals surface area contributed by atoms with Crippen LogP contribution in [0.25, 0.3) is 0 Å². The van der Waals surface area contributed by atoms with Gasteiger partial charge in [0.1, 0.15) is 24.9 Å². The predicted octanol–water partition coefficient (Wildman–Crippen LogP) is 4.17. The third-order valence-corrected chi connectivity index (χ3v) is 5.78. The van der Waals surface area contributed by atoms with E-state index in [-0.39, 0.29) is 13.2 Å². The van der Waals surface area contributed by atoms with Crippen molar-refractivity contribution in [1.29, 1.82) is 0 Å². The van der Waals surface area contributed by atoms with E-state index in [9.17, 15) is 19.2 Å². The molecule has 1 fully saturated rings. The normalized spacial score (nSPS) is 16.3. The summed E-state index contributed by atoms with van der Waals surface area (Å²) >= 11 is 0. The van der Waals surface area contributed by atoms with E-state index in [0.29, 0.717) is 6.42 Å². The highest BCUT2D eigenvalue weighted by Gasteiger charge is 2.47. The zero-order valence-electron chi connectivity index (χ0n) is 22.4. The van der Waals surface area contributed by atoms with E-state index in [1.165, 1.54) is 0 Å². The van der Waals surface area contributed by atoms with Crippen LogP contribution >= 0.6 is 0 Å². The van der Waals surface area contributed by atoms with Gasteiger partial charge in [0.05, 0.1) is 11.6 Å². The van der Waals surface area contributed by atoms with Crippen molar-refractivity contribution in [2.24, 2.45) is 0 Å². The summed E-state index contributed by atoms with van der Waals surface area (Å²) in [6.07, 6.45) is -2.14. The Labute approximate surface area is 222 Å². The number of cyclic esters (lactones) is 1. The summed E-state index contributed by atoms with van der Waals surface area (Å²) in [4.78, 5) is 52.9. The number of carbonyl (C=O) groups excluding carboxylic acids is 4. The summed E-state index contributed by atoms with van der Waals surface area (Å²) in [7, 11) is 0. The van der Waals surface area contributed by atoms with Crippen LogP contribution < -0.4 is 10.6 Å². The molecule has 10 heteroatoms. The van der Waals surface area contributed by atoms with Crippen LogP contribution in [0.3, 0.4) is 0 Å². The minimum Gasteiger partial charge on any atom is -0.447 e. The molecule has 0 aromatic heterocycles. The number of nitrogens with one attached hydrogen (secondary N) is 2. The van der Waals surface area contributed by atoms with Crippen LogP contribution in [0.2, 0.25) is 0 Å². The minimum atomic E-state index is -1.39. The third kappa shape index (κ3) is 7.96. The minimum absolute atomic E-state index is 0.00453. The van der Waals surface area contributed by atoms with Gasteiger partial charge in [-0.25, -0.2) is 19.3 Å². The van der Waals surface area contributed by atoms with Crippen molar-refractivity contribution in [2.45, 2.75) is 70.9 Å². The van der Waals surface area contributed by atoms with Gasteiger partial charge in [0.2, 0.25) is 0 Å². The standard InChI is InChI=1S/C28H35N3O7/c1-27(2,3)38-25(34)30-28(4,5)22(29-24(33)36-17-20-14-10-7-11-15-20)23(32)31-21(18-37-26(31)35)16-19-12-8-6-9-13-19/h6-15,21-22H,16-18H2,1-5H3,(H,29,33)(H,30,34)/t21-,22-/m1/s1. The zero-order chi connectivity index (χ0) is 27.9. The van der Waals surface area contributed by atoms with E-state index in [0.717, 1.165) is 16.0 Å². The van der Waals surface area contributed by atoms with Crippen LogP contribution in [0, 0.1) is 0 Å². The maximum atomic E-state index is 13.8. The van der Waals surface area contributed by atoms with Crippen LogP contribution in [-0.2, 0) is 32.0 Å². The first-order chi connectivity index (χ1) is 17.9. The number of nitrogens with zero attached hydrogens (tertiary/aromatic N) is 1. The molecule has 0 saturated carbocycles. The lowest BCUT2D eigenvalue weighted by Crippen LogP contribution is -2.66. The number of hydrogen-bond acceptors (Lipinski definition) is 7. The average Bonchev–Trinajstić information content (AvgIpc) is 3.20. The fraction of sp³-hybridized carbons (Fsp3) is 0.429. The monoisotopic (exact) mass is 525 g/mol. The zero-order valence-corrected chi connectivity index (χ0v) is 22.4. The van der Waals surface area contributed by atoms with Gasteiger partial charge in [-0.3, -0.25) is 4.79 Å². The SMILES string of the molecule is CC(C)(C)OC(=O)NC(C)(C)[C@H](NC(=O)OCc1ccccc1)C(=O)N1C(=O)OC[C@H]1Cc1ccccc1. The van der Waals surface area contributed by atoms with Crippen LogP contribution in [0.15, 0.2) is 60.7 Å². The van der Waals surface area contributed by atoms with E-state index in [1.54, 1.807) is 46.8 Å². The van der Waals surface area contributed by atoms with Crippen molar-refractivity contribution in [3.05, 3.63) is 71.8 Å². The molecule has 1 heterocycles. The highest BCUT2D eigenvalue weighted by atomic mass is 16.6. The number of benzene rings is 2. The average molecular weight is 526 g/mol. The highest BCUT2D eigenvalue weighted by molar-refractivity contribution is 5.98. The maximum Gasteiger partial charge on any atom is 0.417 e. The molecule has 2 N–H and O–H groups in total. The van der Waals surface area contributed by atoms with Gasteiger partial charge in [0, 0.05) is 0 Å².